The Hall–Kier alpha value is -1.11. The van der Waals surface area contributed by atoms with Crippen LogP contribution in [-0.2, 0) is 9.99 Å². The number of benzene rings is 1. The van der Waals surface area contributed by atoms with Crippen LogP contribution in [0.5, 0.6) is 5.75 Å². The first-order chi connectivity index (χ1) is 8.76. The zero-order chi connectivity index (χ0) is 14.6. The van der Waals surface area contributed by atoms with Gasteiger partial charge in [0.25, 0.3) is 0 Å². The van der Waals surface area contributed by atoms with Crippen molar-refractivity contribution in [1.29, 1.82) is 0 Å². The fourth-order valence-corrected chi connectivity index (χ4v) is 2.28. The molecule has 5 nitrogen and oxygen atoms in total. The van der Waals surface area contributed by atoms with Crippen molar-refractivity contribution in [2.75, 3.05) is 0 Å². The molecule has 1 unspecified atom stereocenters. The van der Waals surface area contributed by atoms with E-state index in [1.54, 1.807) is 20.8 Å². The predicted octanol–water partition coefficient (Wildman–Crippen LogP) is 2.88. The molecule has 1 radical (unpaired) electrons. The van der Waals surface area contributed by atoms with E-state index in [-0.39, 0.29) is 15.8 Å². The topological polar surface area (TPSA) is 75.7 Å². The van der Waals surface area contributed by atoms with Crippen LogP contribution in [0.15, 0.2) is 22.7 Å². The summed E-state index contributed by atoms with van der Waals surface area (Å²) in [5, 5.41) is 19.8. The van der Waals surface area contributed by atoms with E-state index in [2.05, 4.69) is 20.8 Å². The zero-order valence-electron chi connectivity index (χ0n) is 11.0. The Morgan fingerprint density at radius 2 is 2.11 bits per heavy atom. The van der Waals surface area contributed by atoms with Crippen LogP contribution < -0.4 is 4.89 Å². The number of carbonyl (C=O) groups is 1. The minimum Gasteiger partial charge on any atom is -0.456 e. The van der Waals surface area contributed by atoms with Gasteiger partial charge in [-0.15, -0.1) is 0 Å². The van der Waals surface area contributed by atoms with Gasteiger partial charge in [0, 0.05) is 11.7 Å². The highest BCUT2D eigenvalue weighted by atomic mass is 79.9. The van der Waals surface area contributed by atoms with Crippen LogP contribution in [0.1, 0.15) is 37.6 Å². The smallest absolute Gasteiger partial charge is 0.339 e. The van der Waals surface area contributed by atoms with Crippen molar-refractivity contribution < 1.29 is 24.8 Å². The lowest BCUT2D eigenvalue weighted by molar-refractivity contribution is -0.209. The second-order valence-corrected chi connectivity index (χ2v) is 5.70. The van der Waals surface area contributed by atoms with E-state index in [9.17, 15) is 15.2 Å². The number of esters is 1. The molecule has 0 aliphatic carbocycles. The number of hydrogen-bond acceptors (Lipinski definition) is 4. The summed E-state index contributed by atoms with van der Waals surface area (Å²) in [5.41, 5.74) is -0.606. The molecule has 1 rings (SSSR count). The molecule has 0 aliphatic heterocycles. The lowest BCUT2D eigenvalue weighted by Crippen LogP contribution is -2.31. The van der Waals surface area contributed by atoms with Crippen LogP contribution in [0, 0.1) is 0 Å². The first kappa shape index (κ1) is 15.9. The highest BCUT2D eigenvalue weighted by Gasteiger charge is 2.27. The Labute approximate surface area is 120 Å². The summed E-state index contributed by atoms with van der Waals surface area (Å²) < 4.78 is 5.58. The molecule has 1 N–H and O–H groups in total. The largest absolute Gasteiger partial charge is 0.456 e. The van der Waals surface area contributed by atoms with Gasteiger partial charge in [-0.25, -0.2) is 4.79 Å². The standard InChI is InChI=1S/C13H16BrO5/c1-8(15)7-13(2,3)18-12(16)9-5-4-6-10(19-17)11(9)14/h4-6,8,15H,7H2,1-3H3. The molecule has 0 aromatic heterocycles. The van der Waals surface area contributed by atoms with Gasteiger partial charge in [0.2, 0.25) is 0 Å². The average molecular weight is 332 g/mol. The second kappa shape index (κ2) is 6.36. The van der Waals surface area contributed by atoms with Gasteiger partial charge in [0.05, 0.1) is 16.1 Å². The molecule has 0 saturated carbocycles. The van der Waals surface area contributed by atoms with E-state index in [1.807, 2.05) is 0 Å². The van der Waals surface area contributed by atoms with Crippen LogP contribution in [0.4, 0.5) is 0 Å². The molecule has 0 saturated heterocycles. The number of rotatable bonds is 5. The van der Waals surface area contributed by atoms with Crippen molar-refractivity contribution >= 4 is 21.9 Å². The lowest BCUT2D eigenvalue weighted by Gasteiger charge is -2.26. The van der Waals surface area contributed by atoms with Crippen LogP contribution in [0.25, 0.3) is 0 Å². The monoisotopic (exact) mass is 331 g/mol. The summed E-state index contributed by atoms with van der Waals surface area (Å²) in [4.78, 5) is 15.9. The first-order valence-corrected chi connectivity index (χ1v) is 6.56. The molecule has 0 amide bonds. The van der Waals surface area contributed by atoms with Crippen molar-refractivity contribution in [3.05, 3.63) is 28.2 Å². The Kier molecular flexibility index (Phi) is 5.34. The summed E-state index contributed by atoms with van der Waals surface area (Å²) in [6, 6.07) is 4.48. The maximum Gasteiger partial charge on any atom is 0.339 e. The highest BCUT2D eigenvalue weighted by molar-refractivity contribution is 9.10. The van der Waals surface area contributed by atoms with Crippen molar-refractivity contribution in [1.82, 2.24) is 0 Å². The molecule has 0 fully saturated rings. The van der Waals surface area contributed by atoms with E-state index in [0.29, 0.717) is 6.42 Å². The van der Waals surface area contributed by atoms with Crippen LogP contribution >= 0.6 is 15.9 Å². The molecule has 105 valence electrons. The fraction of sp³-hybridized carbons (Fsp3) is 0.462. The van der Waals surface area contributed by atoms with Crippen LogP contribution in [0.3, 0.4) is 0 Å². The molecule has 0 heterocycles. The second-order valence-electron chi connectivity index (χ2n) is 4.90. The Morgan fingerprint density at radius 3 is 2.63 bits per heavy atom. The molecule has 1 aromatic rings. The molecular formula is C13H16BrO5. The van der Waals surface area contributed by atoms with Gasteiger partial charge >= 0.3 is 5.97 Å². The molecule has 0 aliphatic rings. The minimum atomic E-state index is -0.807. The predicted molar refractivity (Wildman–Crippen MR) is 71.2 cm³/mol. The van der Waals surface area contributed by atoms with E-state index >= 15 is 0 Å². The summed E-state index contributed by atoms with van der Waals surface area (Å²) in [6.45, 7) is 5.04. The number of hydrogen-bond donors (Lipinski definition) is 1. The molecule has 19 heavy (non-hydrogen) atoms. The molecule has 1 atom stereocenters. The summed E-state index contributed by atoms with van der Waals surface area (Å²) in [5.74, 6) is -0.570. The average Bonchev–Trinajstić information content (AvgIpc) is 2.26. The normalized spacial score (nSPS) is 12.9. The van der Waals surface area contributed by atoms with Crippen molar-refractivity contribution in [3.63, 3.8) is 0 Å². The lowest BCUT2D eigenvalue weighted by atomic mass is 10.0. The summed E-state index contributed by atoms with van der Waals surface area (Å²) >= 11 is 3.13. The minimum absolute atomic E-state index is 0.0165. The number of ether oxygens (including phenoxy) is 1. The maximum absolute atomic E-state index is 12.0. The van der Waals surface area contributed by atoms with Gasteiger partial charge in [0.15, 0.2) is 5.75 Å². The van der Waals surface area contributed by atoms with Crippen LogP contribution in [0.2, 0.25) is 0 Å². The molecule has 0 spiro atoms. The van der Waals surface area contributed by atoms with Gasteiger partial charge in [-0.2, -0.15) is 0 Å². The maximum atomic E-state index is 12.0. The number of halogens is 1. The third kappa shape index (κ3) is 4.49. The number of aliphatic hydroxyl groups excluding tert-OH is 1. The highest BCUT2D eigenvalue weighted by Crippen LogP contribution is 2.30. The van der Waals surface area contributed by atoms with Gasteiger partial charge in [-0.3, -0.25) is 0 Å². The SMILES string of the molecule is CC(O)CC(C)(C)OC(=O)c1cccc(O[O])c1Br. The summed E-state index contributed by atoms with van der Waals surface area (Å²) in [6.07, 6.45) is -0.267. The third-order valence-corrected chi connectivity index (χ3v) is 3.25. The van der Waals surface area contributed by atoms with Crippen molar-refractivity contribution in [3.8, 4) is 5.75 Å². The Morgan fingerprint density at radius 1 is 1.47 bits per heavy atom. The van der Waals surface area contributed by atoms with E-state index in [4.69, 9.17) is 4.74 Å². The van der Waals surface area contributed by atoms with Gasteiger partial charge in [-0.05, 0) is 48.8 Å². The summed E-state index contributed by atoms with van der Waals surface area (Å²) in [7, 11) is 0. The van der Waals surface area contributed by atoms with Gasteiger partial charge in [0.1, 0.15) is 5.60 Å². The molecule has 0 bridgehead atoms. The molecular weight excluding hydrogens is 316 g/mol. The zero-order valence-corrected chi connectivity index (χ0v) is 12.6. The molecule has 1 aromatic carbocycles. The van der Waals surface area contributed by atoms with Crippen molar-refractivity contribution in [2.24, 2.45) is 0 Å². The van der Waals surface area contributed by atoms with Crippen molar-refractivity contribution in [2.45, 2.75) is 38.9 Å². The van der Waals surface area contributed by atoms with E-state index < -0.39 is 17.7 Å². The molecule has 6 heteroatoms. The third-order valence-electron chi connectivity index (χ3n) is 2.43. The van der Waals surface area contributed by atoms with Gasteiger partial charge in [-0.1, -0.05) is 6.07 Å². The number of carbonyl (C=O) groups excluding carboxylic acids is 1. The van der Waals surface area contributed by atoms with E-state index in [1.165, 1.54) is 18.2 Å². The fourth-order valence-electron chi connectivity index (χ4n) is 1.79. The Balaban J connectivity index is 2.90. The van der Waals surface area contributed by atoms with E-state index in [0.717, 1.165) is 0 Å². The van der Waals surface area contributed by atoms with Crippen LogP contribution in [-0.4, -0.2) is 22.8 Å². The Bertz CT molecular complexity index is 456. The first-order valence-electron chi connectivity index (χ1n) is 5.76. The number of aliphatic hydroxyl groups is 1. The quantitative estimate of drug-likeness (QED) is 0.511. The van der Waals surface area contributed by atoms with Gasteiger partial charge < -0.3 is 14.7 Å².